The Morgan fingerprint density at radius 2 is 2.00 bits per heavy atom. The van der Waals surface area contributed by atoms with Gasteiger partial charge in [0.2, 0.25) is 5.91 Å². The molecular weight excluding hydrogens is 186 g/mol. The molecule has 0 aliphatic carbocycles. The van der Waals surface area contributed by atoms with Gasteiger partial charge in [-0.25, -0.2) is 0 Å². The number of amides is 1. The van der Waals surface area contributed by atoms with Gasteiger partial charge in [0.05, 0.1) is 5.25 Å². The van der Waals surface area contributed by atoms with E-state index in [1.165, 1.54) is 11.8 Å². The van der Waals surface area contributed by atoms with Gasteiger partial charge < -0.3 is 5.73 Å². The molecule has 2 atom stereocenters. The van der Waals surface area contributed by atoms with Crippen LogP contribution in [0.3, 0.4) is 0 Å². The molecule has 0 aliphatic heterocycles. The Hall–Kier alpha value is -0.510. The molecule has 2 unspecified atom stereocenters. The Kier molecular flexibility index (Phi) is 5.79. The van der Waals surface area contributed by atoms with Crippen LogP contribution in [0.5, 0.6) is 0 Å². The van der Waals surface area contributed by atoms with Gasteiger partial charge in [-0.1, -0.05) is 13.8 Å². The lowest BCUT2D eigenvalue weighted by atomic mass is 10.1. The van der Waals surface area contributed by atoms with Crippen molar-refractivity contribution in [3.05, 3.63) is 0 Å². The molecule has 1 amide bonds. The number of hydrogen-bond donors (Lipinski definition) is 1. The van der Waals surface area contributed by atoms with E-state index in [9.17, 15) is 9.59 Å². The van der Waals surface area contributed by atoms with Crippen LogP contribution in [-0.2, 0) is 9.59 Å². The van der Waals surface area contributed by atoms with Crippen molar-refractivity contribution in [1.29, 1.82) is 0 Å². The number of ketones is 1. The maximum atomic E-state index is 10.9. The number of rotatable bonds is 6. The molecule has 0 rings (SSSR count). The highest BCUT2D eigenvalue weighted by molar-refractivity contribution is 8.00. The topological polar surface area (TPSA) is 60.2 Å². The van der Waals surface area contributed by atoms with Crippen molar-refractivity contribution < 1.29 is 9.59 Å². The molecule has 0 bridgehead atoms. The second kappa shape index (κ2) is 6.02. The van der Waals surface area contributed by atoms with Gasteiger partial charge in [-0.15, -0.1) is 11.8 Å². The van der Waals surface area contributed by atoms with Gasteiger partial charge in [0.15, 0.2) is 0 Å². The van der Waals surface area contributed by atoms with Gasteiger partial charge in [-0.2, -0.15) is 0 Å². The average Bonchev–Trinajstić information content (AvgIpc) is 2.04. The molecule has 4 heteroatoms. The SMILES string of the molecule is CCC(SCC(C)C(C)=O)C(N)=O. The van der Waals surface area contributed by atoms with Crippen LogP contribution in [-0.4, -0.2) is 22.7 Å². The van der Waals surface area contributed by atoms with Gasteiger partial charge in [-0.3, -0.25) is 9.59 Å². The Bertz CT molecular complexity index is 194. The smallest absolute Gasteiger partial charge is 0.230 e. The van der Waals surface area contributed by atoms with E-state index in [0.29, 0.717) is 5.75 Å². The summed E-state index contributed by atoms with van der Waals surface area (Å²) in [6.07, 6.45) is 0.727. The molecule has 0 spiro atoms. The van der Waals surface area contributed by atoms with E-state index in [-0.39, 0.29) is 22.9 Å². The van der Waals surface area contributed by atoms with Crippen molar-refractivity contribution in [2.45, 2.75) is 32.4 Å². The number of carbonyl (C=O) groups excluding carboxylic acids is 2. The first-order valence-corrected chi connectivity index (χ1v) is 5.45. The number of thioether (sulfide) groups is 1. The molecule has 3 nitrogen and oxygen atoms in total. The molecule has 0 fully saturated rings. The minimum Gasteiger partial charge on any atom is -0.369 e. The van der Waals surface area contributed by atoms with Crippen LogP contribution in [0, 0.1) is 5.92 Å². The number of hydrogen-bond acceptors (Lipinski definition) is 3. The maximum Gasteiger partial charge on any atom is 0.230 e. The zero-order chi connectivity index (χ0) is 10.4. The van der Waals surface area contributed by atoms with Crippen LogP contribution in [0.1, 0.15) is 27.2 Å². The van der Waals surface area contributed by atoms with E-state index in [1.54, 1.807) is 6.92 Å². The van der Waals surface area contributed by atoms with E-state index in [1.807, 2.05) is 13.8 Å². The quantitative estimate of drug-likeness (QED) is 0.706. The molecule has 0 radical (unpaired) electrons. The van der Waals surface area contributed by atoms with Crippen molar-refractivity contribution in [3.8, 4) is 0 Å². The standard InChI is InChI=1S/C9H17NO2S/c1-4-8(9(10)12)13-5-6(2)7(3)11/h6,8H,4-5H2,1-3H3,(H2,10,12). The zero-order valence-corrected chi connectivity index (χ0v) is 9.19. The van der Waals surface area contributed by atoms with Crippen LogP contribution in [0.4, 0.5) is 0 Å². The largest absolute Gasteiger partial charge is 0.369 e. The summed E-state index contributed by atoms with van der Waals surface area (Å²) < 4.78 is 0. The highest BCUT2D eigenvalue weighted by atomic mass is 32.2. The van der Waals surface area contributed by atoms with E-state index < -0.39 is 0 Å². The predicted molar refractivity (Wildman–Crippen MR) is 55.6 cm³/mol. The van der Waals surface area contributed by atoms with Crippen LogP contribution < -0.4 is 5.73 Å². The zero-order valence-electron chi connectivity index (χ0n) is 8.37. The lowest BCUT2D eigenvalue weighted by Crippen LogP contribution is -2.26. The first kappa shape index (κ1) is 12.5. The average molecular weight is 203 g/mol. The predicted octanol–water partition coefficient (Wildman–Crippen LogP) is 1.21. The first-order valence-electron chi connectivity index (χ1n) is 4.40. The van der Waals surface area contributed by atoms with Crippen LogP contribution in [0.15, 0.2) is 0 Å². The third-order valence-electron chi connectivity index (χ3n) is 1.93. The van der Waals surface area contributed by atoms with Crippen LogP contribution >= 0.6 is 11.8 Å². The number of Topliss-reactive ketones (excluding diaryl/α,β-unsaturated/α-hetero) is 1. The van der Waals surface area contributed by atoms with Crippen molar-refractivity contribution in [3.63, 3.8) is 0 Å². The molecule has 13 heavy (non-hydrogen) atoms. The Balaban J connectivity index is 3.85. The van der Waals surface area contributed by atoms with Crippen molar-refractivity contribution >= 4 is 23.5 Å². The van der Waals surface area contributed by atoms with Crippen molar-refractivity contribution in [1.82, 2.24) is 0 Å². The third-order valence-corrected chi connectivity index (χ3v) is 3.59. The highest BCUT2D eigenvalue weighted by Gasteiger charge is 2.16. The lowest BCUT2D eigenvalue weighted by molar-refractivity contribution is -0.120. The fourth-order valence-electron chi connectivity index (χ4n) is 0.779. The third kappa shape index (κ3) is 4.93. The van der Waals surface area contributed by atoms with Gasteiger partial charge in [-0.05, 0) is 13.3 Å². The monoisotopic (exact) mass is 203 g/mol. The summed E-state index contributed by atoms with van der Waals surface area (Å²) in [5.74, 6) is 0.560. The normalized spacial score (nSPS) is 15.0. The molecule has 76 valence electrons. The van der Waals surface area contributed by atoms with Gasteiger partial charge in [0.25, 0.3) is 0 Å². The maximum absolute atomic E-state index is 10.9. The summed E-state index contributed by atoms with van der Waals surface area (Å²) in [6.45, 7) is 5.35. The summed E-state index contributed by atoms with van der Waals surface area (Å²) in [7, 11) is 0. The summed E-state index contributed by atoms with van der Waals surface area (Å²) in [5, 5.41) is -0.151. The highest BCUT2D eigenvalue weighted by Crippen LogP contribution is 2.17. The molecule has 0 heterocycles. The molecule has 2 N–H and O–H groups in total. The lowest BCUT2D eigenvalue weighted by Gasteiger charge is -2.12. The van der Waals surface area contributed by atoms with Crippen molar-refractivity contribution in [2.24, 2.45) is 11.7 Å². The summed E-state index contributed by atoms with van der Waals surface area (Å²) >= 11 is 1.47. The van der Waals surface area contributed by atoms with E-state index in [0.717, 1.165) is 6.42 Å². The van der Waals surface area contributed by atoms with E-state index in [2.05, 4.69) is 0 Å². The molecule has 0 aromatic rings. The minimum absolute atomic E-state index is 0.0124. The molecule has 0 saturated carbocycles. The fraction of sp³-hybridized carbons (Fsp3) is 0.778. The number of nitrogens with two attached hydrogens (primary N) is 1. The van der Waals surface area contributed by atoms with E-state index in [4.69, 9.17) is 5.73 Å². The summed E-state index contributed by atoms with van der Waals surface area (Å²) in [6, 6.07) is 0. The molecule has 0 aliphatic rings. The Morgan fingerprint density at radius 3 is 2.31 bits per heavy atom. The fourth-order valence-corrected chi connectivity index (χ4v) is 1.93. The van der Waals surface area contributed by atoms with Gasteiger partial charge in [0.1, 0.15) is 5.78 Å². The first-order chi connectivity index (χ1) is 5.99. The molecule has 0 aromatic heterocycles. The second-order valence-corrected chi connectivity index (χ2v) is 4.38. The number of carbonyl (C=O) groups is 2. The van der Waals surface area contributed by atoms with Crippen molar-refractivity contribution in [2.75, 3.05) is 5.75 Å². The molecular formula is C9H17NO2S. The van der Waals surface area contributed by atoms with Crippen LogP contribution in [0.2, 0.25) is 0 Å². The minimum atomic E-state index is -0.289. The number of primary amides is 1. The summed E-state index contributed by atoms with van der Waals surface area (Å²) in [5.41, 5.74) is 5.16. The van der Waals surface area contributed by atoms with E-state index >= 15 is 0 Å². The Labute approximate surface area is 83.4 Å². The molecule has 0 aromatic carbocycles. The second-order valence-electron chi connectivity index (χ2n) is 3.14. The molecule has 0 saturated heterocycles. The van der Waals surface area contributed by atoms with Crippen LogP contribution in [0.25, 0.3) is 0 Å². The van der Waals surface area contributed by atoms with Gasteiger partial charge in [0, 0.05) is 11.7 Å². The Morgan fingerprint density at radius 1 is 1.46 bits per heavy atom. The summed E-state index contributed by atoms with van der Waals surface area (Å²) in [4.78, 5) is 21.7. The van der Waals surface area contributed by atoms with Gasteiger partial charge >= 0.3 is 0 Å².